The molecular weight excluding hydrogens is 490 g/mol. The first-order valence-electron chi connectivity index (χ1n) is 9.87. The molecule has 0 bridgehead atoms. The summed E-state index contributed by atoms with van der Waals surface area (Å²) >= 11 is 8.51. The highest BCUT2D eigenvalue weighted by Gasteiger charge is 2.15. The van der Waals surface area contributed by atoms with E-state index in [1.54, 1.807) is 30.3 Å². The normalized spacial score (nSPS) is 10.2. The molecule has 0 saturated heterocycles. The predicted molar refractivity (Wildman–Crippen MR) is 132 cm³/mol. The second kappa shape index (κ2) is 11.4. The molecule has 0 aliphatic carbocycles. The molecule has 0 heterocycles. The molecule has 3 aromatic carbocycles. The lowest BCUT2D eigenvalue weighted by Gasteiger charge is -2.14. The van der Waals surface area contributed by atoms with Crippen LogP contribution >= 0.6 is 28.1 Å². The van der Waals surface area contributed by atoms with Gasteiger partial charge in [-0.05, 0) is 55.0 Å². The lowest BCUT2D eigenvalue weighted by molar-refractivity contribution is 0.0933. The fourth-order valence-electron chi connectivity index (χ4n) is 2.82. The van der Waals surface area contributed by atoms with Crippen molar-refractivity contribution in [2.75, 3.05) is 6.61 Å². The van der Waals surface area contributed by atoms with Gasteiger partial charge in [0.1, 0.15) is 5.75 Å². The van der Waals surface area contributed by atoms with Crippen molar-refractivity contribution in [2.24, 2.45) is 0 Å². The molecule has 0 aromatic heterocycles. The highest BCUT2D eigenvalue weighted by Crippen LogP contribution is 2.23. The third-order valence-electron chi connectivity index (χ3n) is 4.51. The minimum atomic E-state index is -0.455. The number of carbonyl (C=O) groups is 2. The van der Waals surface area contributed by atoms with Crippen molar-refractivity contribution < 1.29 is 14.3 Å². The zero-order valence-corrected chi connectivity index (χ0v) is 19.8. The third kappa shape index (κ3) is 6.90. The van der Waals surface area contributed by atoms with Crippen LogP contribution in [-0.2, 0) is 6.42 Å². The number of hydrogen-bond donors (Lipinski definition) is 3. The van der Waals surface area contributed by atoms with Crippen LogP contribution in [0.5, 0.6) is 5.75 Å². The SMILES string of the molecule is Cc1ccc(C(=O)NNC(=S)NC(=O)c2cc(Br)ccc2OCCc2ccccc2)cc1. The van der Waals surface area contributed by atoms with E-state index < -0.39 is 5.91 Å². The summed E-state index contributed by atoms with van der Waals surface area (Å²) in [6.45, 7) is 2.35. The quantitative estimate of drug-likeness (QED) is 0.339. The average Bonchev–Trinajstić information content (AvgIpc) is 2.79. The van der Waals surface area contributed by atoms with Crippen molar-refractivity contribution >= 4 is 45.1 Å². The number of hydrazine groups is 1. The Hall–Kier alpha value is -3.23. The van der Waals surface area contributed by atoms with Gasteiger partial charge in [-0.3, -0.25) is 25.8 Å². The molecule has 32 heavy (non-hydrogen) atoms. The van der Waals surface area contributed by atoms with Gasteiger partial charge in [0.25, 0.3) is 11.8 Å². The van der Waals surface area contributed by atoms with Crippen LogP contribution in [0.15, 0.2) is 77.3 Å². The van der Waals surface area contributed by atoms with Crippen molar-refractivity contribution in [2.45, 2.75) is 13.3 Å². The van der Waals surface area contributed by atoms with E-state index in [2.05, 4.69) is 32.1 Å². The topological polar surface area (TPSA) is 79.5 Å². The molecule has 0 fully saturated rings. The second-order valence-electron chi connectivity index (χ2n) is 6.95. The lowest BCUT2D eigenvalue weighted by atomic mass is 10.1. The van der Waals surface area contributed by atoms with E-state index >= 15 is 0 Å². The molecule has 0 unspecified atom stereocenters. The van der Waals surface area contributed by atoms with Crippen LogP contribution in [0.25, 0.3) is 0 Å². The predicted octanol–water partition coefficient (Wildman–Crippen LogP) is 4.33. The van der Waals surface area contributed by atoms with Gasteiger partial charge in [0.2, 0.25) is 0 Å². The van der Waals surface area contributed by atoms with E-state index in [1.807, 2.05) is 49.4 Å². The minimum absolute atomic E-state index is 0.0364. The highest BCUT2D eigenvalue weighted by molar-refractivity contribution is 9.10. The number of nitrogens with one attached hydrogen (secondary N) is 3. The van der Waals surface area contributed by atoms with E-state index in [1.165, 1.54) is 0 Å². The summed E-state index contributed by atoms with van der Waals surface area (Å²) < 4.78 is 6.58. The Balaban J connectivity index is 1.56. The average molecular weight is 512 g/mol. The first-order chi connectivity index (χ1) is 15.4. The van der Waals surface area contributed by atoms with Gasteiger partial charge in [-0.25, -0.2) is 0 Å². The van der Waals surface area contributed by atoms with E-state index in [0.29, 0.717) is 29.9 Å². The molecule has 3 N–H and O–H groups in total. The van der Waals surface area contributed by atoms with Gasteiger partial charge in [-0.1, -0.05) is 64.0 Å². The first kappa shape index (κ1) is 23.4. The summed E-state index contributed by atoms with van der Waals surface area (Å²) in [6, 6.07) is 22.2. The number of thiocarbonyl (C=S) groups is 1. The van der Waals surface area contributed by atoms with Gasteiger partial charge in [0.15, 0.2) is 5.11 Å². The van der Waals surface area contributed by atoms with Gasteiger partial charge >= 0.3 is 0 Å². The Morgan fingerprint density at radius 2 is 1.66 bits per heavy atom. The van der Waals surface area contributed by atoms with Gasteiger partial charge < -0.3 is 4.74 Å². The van der Waals surface area contributed by atoms with Crippen molar-refractivity contribution in [1.29, 1.82) is 0 Å². The van der Waals surface area contributed by atoms with Crippen LogP contribution in [-0.4, -0.2) is 23.5 Å². The van der Waals surface area contributed by atoms with Crippen LogP contribution in [0.1, 0.15) is 31.8 Å². The molecule has 3 rings (SSSR count). The highest BCUT2D eigenvalue weighted by atomic mass is 79.9. The number of carbonyl (C=O) groups excluding carboxylic acids is 2. The number of halogens is 1. The molecule has 0 aliphatic heterocycles. The Bertz CT molecular complexity index is 1110. The van der Waals surface area contributed by atoms with Crippen molar-refractivity contribution in [1.82, 2.24) is 16.2 Å². The van der Waals surface area contributed by atoms with Crippen LogP contribution in [0.3, 0.4) is 0 Å². The second-order valence-corrected chi connectivity index (χ2v) is 8.28. The van der Waals surface area contributed by atoms with Crippen LogP contribution < -0.4 is 20.9 Å². The van der Waals surface area contributed by atoms with E-state index in [4.69, 9.17) is 17.0 Å². The fourth-order valence-corrected chi connectivity index (χ4v) is 3.33. The molecule has 2 amide bonds. The van der Waals surface area contributed by atoms with Gasteiger partial charge in [0.05, 0.1) is 12.2 Å². The van der Waals surface area contributed by atoms with Crippen molar-refractivity contribution in [3.63, 3.8) is 0 Å². The third-order valence-corrected chi connectivity index (χ3v) is 5.21. The summed E-state index contributed by atoms with van der Waals surface area (Å²) in [5.74, 6) is -0.384. The Morgan fingerprint density at radius 1 is 0.938 bits per heavy atom. The zero-order chi connectivity index (χ0) is 22.9. The smallest absolute Gasteiger partial charge is 0.269 e. The van der Waals surface area contributed by atoms with Crippen molar-refractivity contribution in [3.05, 3.63) is 99.5 Å². The van der Waals surface area contributed by atoms with E-state index in [9.17, 15) is 9.59 Å². The maximum Gasteiger partial charge on any atom is 0.269 e. The van der Waals surface area contributed by atoms with E-state index in [-0.39, 0.29) is 11.0 Å². The maximum atomic E-state index is 12.8. The molecule has 0 radical (unpaired) electrons. The molecule has 0 spiro atoms. The maximum absolute atomic E-state index is 12.8. The van der Waals surface area contributed by atoms with Crippen molar-refractivity contribution in [3.8, 4) is 5.75 Å². The standard InChI is InChI=1S/C24H22BrN3O3S/c1-16-7-9-18(10-8-16)22(29)27-28-24(32)26-23(30)20-15-19(25)11-12-21(20)31-14-13-17-5-3-2-4-6-17/h2-12,15H,13-14H2,1H3,(H,27,29)(H2,26,28,30,32). The number of amides is 2. The number of rotatable bonds is 6. The molecule has 6 nitrogen and oxygen atoms in total. The Kier molecular flexibility index (Phi) is 8.35. The number of benzene rings is 3. The molecule has 0 aliphatic rings. The van der Waals surface area contributed by atoms with Gasteiger partial charge in [0, 0.05) is 16.5 Å². The molecule has 164 valence electrons. The summed E-state index contributed by atoms with van der Waals surface area (Å²) in [4.78, 5) is 24.9. The van der Waals surface area contributed by atoms with Crippen LogP contribution in [0, 0.1) is 6.92 Å². The monoisotopic (exact) mass is 511 g/mol. The Labute approximate surface area is 200 Å². The Morgan fingerprint density at radius 3 is 2.38 bits per heavy atom. The molecule has 0 saturated carbocycles. The summed E-state index contributed by atoms with van der Waals surface area (Å²) in [5, 5.41) is 2.52. The van der Waals surface area contributed by atoms with Crippen LogP contribution in [0.4, 0.5) is 0 Å². The molecular formula is C24H22BrN3O3S. The summed E-state index contributed by atoms with van der Waals surface area (Å²) in [6.07, 6.45) is 0.711. The van der Waals surface area contributed by atoms with Gasteiger partial charge in [-0.15, -0.1) is 0 Å². The first-order valence-corrected chi connectivity index (χ1v) is 11.1. The fraction of sp³-hybridized carbons (Fsp3) is 0.125. The van der Waals surface area contributed by atoms with Gasteiger partial charge in [-0.2, -0.15) is 0 Å². The lowest BCUT2D eigenvalue weighted by Crippen LogP contribution is -2.48. The molecule has 8 heteroatoms. The van der Waals surface area contributed by atoms with E-state index in [0.717, 1.165) is 15.6 Å². The number of aryl methyl sites for hydroxylation is 1. The minimum Gasteiger partial charge on any atom is -0.492 e. The summed E-state index contributed by atoms with van der Waals surface area (Å²) in [5.41, 5.74) is 7.99. The number of ether oxygens (including phenoxy) is 1. The molecule has 3 aromatic rings. The van der Waals surface area contributed by atoms with Crippen LogP contribution in [0.2, 0.25) is 0 Å². The number of hydrogen-bond acceptors (Lipinski definition) is 4. The largest absolute Gasteiger partial charge is 0.492 e. The summed E-state index contributed by atoms with van der Waals surface area (Å²) in [7, 11) is 0. The zero-order valence-electron chi connectivity index (χ0n) is 17.4. The molecule has 0 atom stereocenters.